The van der Waals surface area contributed by atoms with Crippen LogP contribution < -0.4 is 0 Å². The van der Waals surface area contributed by atoms with Gasteiger partial charge in [0.15, 0.2) is 0 Å². The van der Waals surface area contributed by atoms with Crippen molar-refractivity contribution in [1.82, 2.24) is 19.9 Å². The molecule has 3 aliphatic carbocycles. The van der Waals surface area contributed by atoms with Gasteiger partial charge < -0.3 is 4.74 Å². The normalized spacial score (nSPS) is 31.2. The fourth-order valence-corrected chi connectivity index (χ4v) is 5.66. The van der Waals surface area contributed by atoms with Crippen molar-refractivity contribution in [1.29, 1.82) is 0 Å². The Morgan fingerprint density at radius 2 is 1.90 bits per heavy atom. The Labute approximate surface area is 184 Å². The number of nitrogens with zero attached hydrogens (tertiary/aromatic N) is 4. The van der Waals surface area contributed by atoms with Gasteiger partial charge in [-0.3, -0.25) is 4.90 Å². The maximum atomic E-state index is 14.4. The summed E-state index contributed by atoms with van der Waals surface area (Å²) in [5.41, 5.74) is 2.95. The fourth-order valence-electron chi connectivity index (χ4n) is 5.66. The number of ether oxygens (including phenoxy) is 1. The molecule has 1 aliphatic heterocycles. The van der Waals surface area contributed by atoms with Gasteiger partial charge in [0.25, 0.3) is 0 Å². The molecule has 6 rings (SSSR count). The van der Waals surface area contributed by atoms with Crippen molar-refractivity contribution in [3.8, 4) is 0 Å². The van der Waals surface area contributed by atoms with Crippen LogP contribution in [0.25, 0.3) is 0 Å². The van der Waals surface area contributed by atoms with Crippen molar-refractivity contribution in [3.05, 3.63) is 47.0 Å². The zero-order valence-corrected chi connectivity index (χ0v) is 18.4. The van der Waals surface area contributed by atoms with Gasteiger partial charge in [0, 0.05) is 43.9 Å². The van der Waals surface area contributed by atoms with Gasteiger partial charge in [0.1, 0.15) is 5.82 Å². The first-order valence-corrected chi connectivity index (χ1v) is 12.1. The van der Waals surface area contributed by atoms with Crippen molar-refractivity contribution in [2.24, 2.45) is 17.8 Å². The smallest absolute Gasteiger partial charge is 0.127 e. The molecule has 0 bridgehead atoms. The van der Waals surface area contributed by atoms with Crippen molar-refractivity contribution in [2.45, 2.75) is 70.1 Å². The molecule has 0 spiro atoms. The van der Waals surface area contributed by atoms with E-state index in [1.54, 1.807) is 6.07 Å². The minimum Gasteiger partial charge on any atom is -0.376 e. The van der Waals surface area contributed by atoms with E-state index in [0.717, 1.165) is 55.3 Å². The quantitative estimate of drug-likeness (QED) is 0.657. The monoisotopic (exact) mass is 424 g/mol. The summed E-state index contributed by atoms with van der Waals surface area (Å²) in [6, 6.07) is 5.89. The van der Waals surface area contributed by atoms with Crippen LogP contribution in [0.1, 0.15) is 67.3 Å². The Bertz CT molecular complexity index is 937. The predicted octanol–water partition coefficient (Wildman–Crippen LogP) is 4.48. The molecular weight excluding hydrogens is 391 g/mol. The summed E-state index contributed by atoms with van der Waals surface area (Å²) in [6.45, 7) is 5.61. The van der Waals surface area contributed by atoms with Crippen molar-refractivity contribution in [2.75, 3.05) is 19.7 Å². The Hall–Kier alpha value is -1.79. The lowest BCUT2D eigenvalue weighted by Crippen LogP contribution is -2.38. The summed E-state index contributed by atoms with van der Waals surface area (Å²) >= 11 is 0. The van der Waals surface area contributed by atoms with Crippen LogP contribution in [-0.2, 0) is 11.3 Å². The van der Waals surface area contributed by atoms with Crippen LogP contribution in [0, 0.1) is 30.5 Å². The van der Waals surface area contributed by atoms with Gasteiger partial charge in [-0.2, -0.15) is 0 Å². The number of benzene rings is 1. The number of halogens is 1. The predicted molar refractivity (Wildman–Crippen MR) is 116 cm³/mol. The van der Waals surface area contributed by atoms with Gasteiger partial charge in [-0.15, -0.1) is 5.10 Å². The number of hydrogen-bond acceptors (Lipinski definition) is 4. The third-order valence-corrected chi connectivity index (χ3v) is 7.87. The molecule has 6 heteroatoms. The lowest BCUT2D eigenvalue weighted by atomic mass is 9.77. The van der Waals surface area contributed by atoms with E-state index in [0.29, 0.717) is 24.3 Å². The molecule has 0 unspecified atom stereocenters. The Morgan fingerprint density at radius 3 is 2.65 bits per heavy atom. The molecular formula is C25H33FN4O. The number of aromatic nitrogens is 3. The number of aryl methyl sites for hydroxylation is 1. The first-order chi connectivity index (χ1) is 15.1. The lowest BCUT2D eigenvalue weighted by molar-refractivity contribution is -0.0375. The van der Waals surface area contributed by atoms with Crippen LogP contribution in [0.3, 0.4) is 0 Å². The fraction of sp³-hybridized carbons (Fsp3) is 0.680. The Balaban J connectivity index is 1.17. The molecule has 4 fully saturated rings. The third kappa shape index (κ3) is 4.29. The molecule has 1 aromatic carbocycles. The highest BCUT2D eigenvalue weighted by Crippen LogP contribution is 2.44. The van der Waals surface area contributed by atoms with Crippen LogP contribution in [0.4, 0.5) is 4.39 Å². The van der Waals surface area contributed by atoms with E-state index in [1.165, 1.54) is 25.7 Å². The number of fused-ring (bicyclic) bond motifs is 1. The summed E-state index contributed by atoms with van der Waals surface area (Å²) in [4.78, 5) is 2.44. The molecule has 2 heterocycles. The topological polar surface area (TPSA) is 43.2 Å². The van der Waals surface area contributed by atoms with E-state index in [2.05, 4.69) is 26.1 Å². The molecule has 31 heavy (non-hydrogen) atoms. The summed E-state index contributed by atoms with van der Waals surface area (Å²) in [6.07, 6.45) is 9.69. The van der Waals surface area contributed by atoms with E-state index in [1.807, 2.05) is 19.1 Å². The highest BCUT2D eigenvalue weighted by molar-refractivity contribution is 5.23. The third-order valence-electron chi connectivity index (χ3n) is 7.87. The number of likely N-dealkylation sites (tertiary alicyclic amines) is 1. The van der Waals surface area contributed by atoms with Crippen LogP contribution in [0.2, 0.25) is 0 Å². The van der Waals surface area contributed by atoms with Crippen molar-refractivity contribution < 1.29 is 9.13 Å². The molecule has 0 amide bonds. The highest BCUT2D eigenvalue weighted by Gasteiger charge is 2.44. The second kappa shape index (κ2) is 7.96. The lowest BCUT2D eigenvalue weighted by Gasteiger charge is -2.37. The zero-order chi connectivity index (χ0) is 20.9. The average molecular weight is 425 g/mol. The number of hydrogen-bond donors (Lipinski definition) is 0. The molecule has 4 aliphatic rings. The molecule has 1 aromatic heterocycles. The maximum absolute atomic E-state index is 14.4. The maximum Gasteiger partial charge on any atom is 0.127 e. The first-order valence-electron chi connectivity index (χ1n) is 12.1. The SMILES string of the molecule is Cc1ccc(CN2C[C@H]3C[C@@H](n4cc(C5CC5)nn4)[C@H](OCC4CC4)C[C@H]3C2)c(F)c1. The second-order valence-corrected chi connectivity index (χ2v) is 10.6. The Morgan fingerprint density at radius 1 is 1.10 bits per heavy atom. The largest absolute Gasteiger partial charge is 0.376 e. The van der Waals surface area contributed by atoms with Crippen LogP contribution in [0.15, 0.2) is 24.4 Å². The standard InChI is InChI=1S/C25H33FN4O/c1-16-2-5-19(22(26)8-16)11-29-12-20-9-24(30-14-23(27-28-30)18-6-7-18)25(10-21(20)13-29)31-15-17-3-4-17/h2,5,8,14,17-18,20-21,24-25H,3-4,6-7,9-13,15H2,1H3/t20-,21+,24-,25-/m1/s1. The Kier molecular flexibility index (Phi) is 5.10. The van der Waals surface area contributed by atoms with Crippen molar-refractivity contribution >= 4 is 0 Å². The minimum absolute atomic E-state index is 0.0754. The van der Waals surface area contributed by atoms with Gasteiger partial charge in [-0.25, -0.2) is 9.07 Å². The average Bonchev–Trinajstić information content (AvgIpc) is 3.68. The van der Waals surface area contributed by atoms with Gasteiger partial charge in [-0.1, -0.05) is 17.3 Å². The summed E-state index contributed by atoms with van der Waals surface area (Å²) in [5.74, 6) is 2.56. The van der Waals surface area contributed by atoms with Crippen LogP contribution in [-0.4, -0.2) is 45.7 Å². The molecule has 166 valence electrons. The van der Waals surface area contributed by atoms with E-state index in [9.17, 15) is 4.39 Å². The van der Waals surface area contributed by atoms with E-state index >= 15 is 0 Å². The molecule has 4 atom stereocenters. The number of rotatable bonds is 7. The van der Waals surface area contributed by atoms with Crippen molar-refractivity contribution in [3.63, 3.8) is 0 Å². The first kappa shape index (κ1) is 19.9. The zero-order valence-electron chi connectivity index (χ0n) is 18.4. The summed E-state index contributed by atoms with van der Waals surface area (Å²) < 4.78 is 23.0. The van der Waals surface area contributed by atoms with Gasteiger partial charge in [0.05, 0.1) is 17.8 Å². The molecule has 3 saturated carbocycles. The van der Waals surface area contributed by atoms with E-state index in [4.69, 9.17) is 4.74 Å². The molecule has 1 saturated heterocycles. The molecule has 2 aromatic rings. The summed E-state index contributed by atoms with van der Waals surface area (Å²) in [5, 5.41) is 9.01. The second-order valence-electron chi connectivity index (χ2n) is 10.6. The minimum atomic E-state index is -0.0754. The van der Waals surface area contributed by atoms with Gasteiger partial charge in [0.2, 0.25) is 0 Å². The highest BCUT2D eigenvalue weighted by atomic mass is 19.1. The van der Waals surface area contributed by atoms with Crippen LogP contribution >= 0.6 is 0 Å². The van der Waals surface area contributed by atoms with E-state index in [-0.39, 0.29) is 18.0 Å². The van der Waals surface area contributed by atoms with Crippen LogP contribution in [0.5, 0.6) is 0 Å². The molecule has 5 nitrogen and oxygen atoms in total. The van der Waals surface area contributed by atoms with Gasteiger partial charge >= 0.3 is 0 Å². The van der Waals surface area contributed by atoms with E-state index < -0.39 is 0 Å². The molecule has 0 radical (unpaired) electrons. The molecule has 0 N–H and O–H groups in total. The van der Waals surface area contributed by atoms with Gasteiger partial charge in [-0.05, 0) is 74.8 Å². The summed E-state index contributed by atoms with van der Waals surface area (Å²) in [7, 11) is 0.